The summed E-state index contributed by atoms with van der Waals surface area (Å²) in [6.07, 6.45) is 4.05. The van der Waals surface area contributed by atoms with Crippen molar-refractivity contribution in [2.75, 3.05) is 14.1 Å². The predicted molar refractivity (Wildman–Crippen MR) is 85.3 cm³/mol. The summed E-state index contributed by atoms with van der Waals surface area (Å²) in [5, 5.41) is 12.5. The van der Waals surface area contributed by atoms with Crippen molar-refractivity contribution in [3.05, 3.63) is 34.3 Å². The maximum absolute atomic E-state index is 9.30. The highest BCUT2D eigenvalue weighted by Gasteiger charge is 2.35. The Labute approximate surface area is 130 Å². The zero-order valence-electron chi connectivity index (χ0n) is 12.2. The Hall–Kier alpha value is -0.890. The van der Waals surface area contributed by atoms with Gasteiger partial charge < -0.3 is 5.32 Å². The second kappa shape index (κ2) is 6.71. The van der Waals surface area contributed by atoms with E-state index in [0.29, 0.717) is 6.04 Å². The summed E-state index contributed by atoms with van der Waals surface area (Å²) in [6, 6.07) is 11.5. The summed E-state index contributed by atoms with van der Waals surface area (Å²) < 4.78 is 1.12. The van der Waals surface area contributed by atoms with Crippen LogP contribution in [0.4, 0.5) is 0 Å². The van der Waals surface area contributed by atoms with Crippen LogP contribution < -0.4 is 5.32 Å². The Kier molecular flexibility index (Phi) is 5.20. The van der Waals surface area contributed by atoms with Crippen molar-refractivity contribution < 1.29 is 0 Å². The van der Waals surface area contributed by atoms with Crippen LogP contribution in [-0.4, -0.2) is 30.6 Å². The molecular formula is C16H22BrN3. The van der Waals surface area contributed by atoms with Crippen LogP contribution in [0.5, 0.6) is 0 Å². The Morgan fingerprint density at radius 2 is 1.95 bits per heavy atom. The number of nitriles is 1. The Morgan fingerprint density at radius 3 is 2.45 bits per heavy atom. The van der Waals surface area contributed by atoms with Crippen molar-refractivity contribution in [1.29, 1.82) is 5.26 Å². The summed E-state index contributed by atoms with van der Waals surface area (Å²) in [7, 11) is 4.08. The van der Waals surface area contributed by atoms with Gasteiger partial charge in [-0.3, -0.25) is 4.90 Å². The zero-order chi connectivity index (χ0) is 14.6. The average molecular weight is 336 g/mol. The van der Waals surface area contributed by atoms with Crippen molar-refractivity contribution in [3.8, 4) is 6.07 Å². The number of nitrogens with one attached hydrogen (secondary N) is 1. The number of hydrogen-bond acceptors (Lipinski definition) is 3. The standard InChI is InChI=1S/C16H22BrN3/c1-19-16(12-18)9-7-15(8-10-16)20(2)11-13-3-5-14(17)6-4-13/h3-6,15,19H,7-11H2,1-2H3. The minimum Gasteiger partial charge on any atom is -0.302 e. The second-order valence-corrected chi connectivity index (χ2v) is 6.63. The van der Waals surface area contributed by atoms with Crippen LogP contribution >= 0.6 is 15.9 Å². The quantitative estimate of drug-likeness (QED) is 0.917. The first-order valence-electron chi connectivity index (χ1n) is 7.13. The monoisotopic (exact) mass is 335 g/mol. The highest BCUT2D eigenvalue weighted by molar-refractivity contribution is 9.10. The van der Waals surface area contributed by atoms with Crippen LogP contribution in [0, 0.1) is 11.3 Å². The first-order valence-corrected chi connectivity index (χ1v) is 7.93. The summed E-state index contributed by atoms with van der Waals surface area (Å²) in [5.74, 6) is 0. The molecule has 2 rings (SSSR count). The molecule has 0 atom stereocenters. The average Bonchev–Trinajstić information content (AvgIpc) is 2.49. The maximum atomic E-state index is 9.30. The Bertz CT molecular complexity index is 469. The molecule has 1 fully saturated rings. The van der Waals surface area contributed by atoms with Gasteiger partial charge >= 0.3 is 0 Å². The third kappa shape index (κ3) is 3.60. The molecule has 0 radical (unpaired) electrons. The molecule has 0 heterocycles. The van der Waals surface area contributed by atoms with Gasteiger partial charge in [-0.15, -0.1) is 0 Å². The molecule has 1 aliphatic carbocycles. The highest BCUT2D eigenvalue weighted by atomic mass is 79.9. The van der Waals surface area contributed by atoms with Gasteiger partial charge in [-0.25, -0.2) is 0 Å². The summed E-state index contributed by atoms with van der Waals surface area (Å²) >= 11 is 3.47. The third-order valence-electron chi connectivity index (χ3n) is 4.47. The van der Waals surface area contributed by atoms with Crippen LogP contribution in [0.3, 0.4) is 0 Å². The van der Waals surface area contributed by atoms with Gasteiger partial charge in [0.15, 0.2) is 0 Å². The minimum absolute atomic E-state index is 0.297. The summed E-state index contributed by atoms with van der Waals surface area (Å²) in [5.41, 5.74) is 1.04. The molecule has 0 bridgehead atoms. The zero-order valence-corrected chi connectivity index (χ0v) is 13.8. The molecule has 0 spiro atoms. The van der Waals surface area contributed by atoms with Gasteiger partial charge in [0.25, 0.3) is 0 Å². The van der Waals surface area contributed by atoms with Crippen molar-refractivity contribution in [2.45, 2.75) is 43.8 Å². The van der Waals surface area contributed by atoms with Crippen molar-refractivity contribution >= 4 is 15.9 Å². The molecule has 1 aromatic rings. The van der Waals surface area contributed by atoms with Crippen molar-refractivity contribution in [1.82, 2.24) is 10.2 Å². The first kappa shape index (κ1) is 15.5. The lowest BCUT2D eigenvalue weighted by molar-refractivity contribution is 0.151. The second-order valence-electron chi connectivity index (χ2n) is 5.72. The molecule has 0 saturated heterocycles. The lowest BCUT2D eigenvalue weighted by atomic mass is 9.80. The fourth-order valence-electron chi connectivity index (χ4n) is 2.96. The molecule has 4 heteroatoms. The van der Waals surface area contributed by atoms with Crippen LogP contribution in [0.1, 0.15) is 31.2 Å². The van der Waals surface area contributed by atoms with Gasteiger partial charge in [-0.2, -0.15) is 5.26 Å². The van der Waals surface area contributed by atoms with Gasteiger partial charge in [0.1, 0.15) is 5.54 Å². The fourth-order valence-corrected chi connectivity index (χ4v) is 3.23. The van der Waals surface area contributed by atoms with E-state index < -0.39 is 0 Å². The molecule has 0 aromatic heterocycles. The SMILES string of the molecule is CNC1(C#N)CCC(N(C)Cc2ccc(Br)cc2)CC1. The van der Waals surface area contributed by atoms with Gasteiger partial charge in [-0.05, 0) is 57.5 Å². The van der Waals surface area contributed by atoms with E-state index in [1.807, 2.05) is 7.05 Å². The Morgan fingerprint density at radius 1 is 1.35 bits per heavy atom. The molecule has 0 aliphatic heterocycles. The molecule has 1 aromatic carbocycles. The highest BCUT2D eigenvalue weighted by Crippen LogP contribution is 2.30. The van der Waals surface area contributed by atoms with E-state index in [4.69, 9.17) is 0 Å². The predicted octanol–water partition coefficient (Wildman–Crippen LogP) is 3.31. The molecule has 3 nitrogen and oxygen atoms in total. The normalized spacial score (nSPS) is 26.4. The molecule has 1 saturated carbocycles. The summed E-state index contributed by atoms with van der Waals surface area (Å²) in [6.45, 7) is 0.969. The minimum atomic E-state index is -0.297. The summed E-state index contributed by atoms with van der Waals surface area (Å²) in [4.78, 5) is 2.42. The largest absolute Gasteiger partial charge is 0.302 e. The van der Waals surface area contributed by atoms with Crippen LogP contribution in [-0.2, 0) is 6.54 Å². The van der Waals surface area contributed by atoms with Crippen LogP contribution in [0.15, 0.2) is 28.7 Å². The van der Waals surface area contributed by atoms with E-state index in [-0.39, 0.29) is 5.54 Å². The molecule has 0 amide bonds. The van der Waals surface area contributed by atoms with Crippen molar-refractivity contribution in [2.24, 2.45) is 0 Å². The van der Waals surface area contributed by atoms with Gasteiger partial charge in [0.2, 0.25) is 0 Å². The van der Waals surface area contributed by atoms with E-state index in [2.05, 4.69) is 63.5 Å². The van der Waals surface area contributed by atoms with E-state index in [9.17, 15) is 5.26 Å². The van der Waals surface area contributed by atoms with E-state index >= 15 is 0 Å². The maximum Gasteiger partial charge on any atom is 0.106 e. The molecule has 1 aliphatic rings. The van der Waals surface area contributed by atoms with Crippen molar-refractivity contribution in [3.63, 3.8) is 0 Å². The van der Waals surface area contributed by atoms with E-state index in [0.717, 1.165) is 36.7 Å². The lowest BCUT2D eigenvalue weighted by Crippen LogP contribution is -2.48. The Balaban J connectivity index is 1.90. The van der Waals surface area contributed by atoms with Gasteiger partial charge in [0.05, 0.1) is 6.07 Å². The van der Waals surface area contributed by atoms with E-state index in [1.54, 1.807) is 0 Å². The smallest absolute Gasteiger partial charge is 0.106 e. The van der Waals surface area contributed by atoms with Gasteiger partial charge in [0, 0.05) is 17.1 Å². The molecule has 1 N–H and O–H groups in total. The topological polar surface area (TPSA) is 39.1 Å². The molecule has 108 valence electrons. The number of hydrogen-bond donors (Lipinski definition) is 1. The third-order valence-corrected chi connectivity index (χ3v) is 5.00. The van der Waals surface area contributed by atoms with Crippen LogP contribution in [0.2, 0.25) is 0 Å². The van der Waals surface area contributed by atoms with Gasteiger partial charge in [-0.1, -0.05) is 28.1 Å². The number of benzene rings is 1. The van der Waals surface area contributed by atoms with Crippen LogP contribution in [0.25, 0.3) is 0 Å². The number of rotatable bonds is 4. The van der Waals surface area contributed by atoms with E-state index in [1.165, 1.54) is 5.56 Å². The number of nitrogens with zero attached hydrogens (tertiary/aromatic N) is 2. The lowest BCUT2D eigenvalue weighted by Gasteiger charge is -2.38. The first-order chi connectivity index (χ1) is 9.58. The molecular weight excluding hydrogens is 314 g/mol. The molecule has 20 heavy (non-hydrogen) atoms. The molecule has 0 unspecified atom stereocenters. The fraction of sp³-hybridized carbons (Fsp3) is 0.562. The number of halogens is 1.